The van der Waals surface area contributed by atoms with Crippen LogP contribution in [0.2, 0.25) is 0 Å². The summed E-state index contributed by atoms with van der Waals surface area (Å²) in [4.78, 5) is 23.4. The van der Waals surface area contributed by atoms with Crippen LogP contribution in [0, 0.1) is 10.1 Å². The van der Waals surface area contributed by atoms with Crippen LogP contribution in [0.25, 0.3) is 0 Å². The van der Waals surface area contributed by atoms with Crippen molar-refractivity contribution < 1.29 is 23.2 Å². The van der Waals surface area contributed by atoms with E-state index in [1.165, 1.54) is 0 Å². The fourth-order valence-electron chi connectivity index (χ4n) is 1.41. The molecule has 1 aromatic rings. The predicted molar refractivity (Wildman–Crippen MR) is 67.5 cm³/mol. The molecule has 0 aliphatic heterocycles. The fraction of sp³-hybridized carbons (Fsp3) is 0.400. The molecule has 0 saturated heterocycles. The number of carboxylic acid groups (broad SMARTS) is 1. The van der Waals surface area contributed by atoms with Gasteiger partial charge in [0.05, 0.1) is 6.42 Å². The van der Waals surface area contributed by atoms with Gasteiger partial charge in [-0.3, -0.25) is 4.79 Å². The second-order valence-electron chi connectivity index (χ2n) is 3.93. The number of pyridine rings is 1. The number of nitro groups is 1. The molecule has 9 nitrogen and oxygen atoms in total. The van der Waals surface area contributed by atoms with Crippen LogP contribution in [0.1, 0.15) is 19.8 Å². The van der Waals surface area contributed by atoms with E-state index in [9.17, 15) is 23.3 Å². The summed E-state index contributed by atoms with van der Waals surface area (Å²) < 4.78 is 26.1. The quantitative estimate of drug-likeness (QED) is 0.552. The van der Waals surface area contributed by atoms with Gasteiger partial charge in [0.25, 0.3) is 0 Å². The van der Waals surface area contributed by atoms with Gasteiger partial charge in [-0.2, -0.15) is 0 Å². The average Bonchev–Trinajstić information content (AvgIpc) is 2.37. The van der Waals surface area contributed by atoms with Crippen molar-refractivity contribution in [2.75, 3.05) is 0 Å². The second kappa shape index (κ2) is 6.39. The Morgan fingerprint density at radius 1 is 1.55 bits per heavy atom. The maximum atomic E-state index is 12.0. The summed E-state index contributed by atoms with van der Waals surface area (Å²) in [5, 5.41) is 19.1. The van der Waals surface area contributed by atoms with Gasteiger partial charge in [-0.15, -0.1) is 0 Å². The molecular weight excluding hydrogens is 290 g/mol. The molecule has 0 aromatic carbocycles. The van der Waals surface area contributed by atoms with Crippen LogP contribution in [0.4, 0.5) is 5.82 Å². The highest BCUT2D eigenvalue weighted by molar-refractivity contribution is 7.89. The Morgan fingerprint density at radius 3 is 2.60 bits per heavy atom. The van der Waals surface area contributed by atoms with Crippen molar-refractivity contribution in [2.45, 2.75) is 30.7 Å². The lowest BCUT2D eigenvalue weighted by Gasteiger charge is -2.14. The van der Waals surface area contributed by atoms with Crippen molar-refractivity contribution >= 4 is 21.8 Å². The van der Waals surface area contributed by atoms with Crippen LogP contribution in [-0.4, -0.2) is 35.4 Å². The van der Waals surface area contributed by atoms with E-state index in [0.717, 1.165) is 18.3 Å². The van der Waals surface area contributed by atoms with Gasteiger partial charge in [0.2, 0.25) is 10.0 Å². The lowest BCUT2D eigenvalue weighted by atomic mass is 10.2. The Labute approximate surface area is 114 Å². The minimum Gasteiger partial charge on any atom is -0.481 e. The second-order valence-corrected chi connectivity index (χ2v) is 5.65. The van der Waals surface area contributed by atoms with Crippen molar-refractivity contribution in [2.24, 2.45) is 0 Å². The summed E-state index contributed by atoms with van der Waals surface area (Å²) in [6.45, 7) is 1.64. The molecule has 10 heteroatoms. The number of hydrogen-bond acceptors (Lipinski definition) is 6. The van der Waals surface area contributed by atoms with Gasteiger partial charge in [0.1, 0.15) is 4.90 Å². The minimum absolute atomic E-state index is 0.257. The third kappa shape index (κ3) is 4.24. The van der Waals surface area contributed by atoms with Crippen LogP contribution in [-0.2, 0) is 14.8 Å². The monoisotopic (exact) mass is 303 g/mol. The van der Waals surface area contributed by atoms with Gasteiger partial charge in [-0.05, 0) is 22.4 Å². The van der Waals surface area contributed by atoms with Crippen LogP contribution in [0.15, 0.2) is 23.2 Å². The highest BCUT2D eigenvalue weighted by Gasteiger charge is 2.23. The van der Waals surface area contributed by atoms with Crippen LogP contribution in [0.5, 0.6) is 0 Å². The molecule has 1 heterocycles. The zero-order valence-corrected chi connectivity index (χ0v) is 11.3. The highest BCUT2D eigenvalue weighted by Crippen LogP contribution is 2.13. The van der Waals surface area contributed by atoms with E-state index in [4.69, 9.17) is 5.11 Å². The zero-order valence-electron chi connectivity index (χ0n) is 10.5. The van der Waals surface area contributed by atoms with Gasteiger partial charge in [-0.25, -0.2) is 13.1 Å². The summed E-state index contributed by atoms with van der Waals surface area (Å²) in [7, 11) is -3.96. The Kier molecular flexibility index (Phi) is 5.11. The minimum atomic E-state index is -3.96. The largest absolute Gasteiger partial charge is 0.481 e. The third-order valence-electron chi connectivity index (χ3n) is 2.45. The smallest absolute Gasteiger partial charge is 0.363 e. The SMILES string of the molecule is CCC(CC(=O)O)NS(=O)(=O)c1ccc([N+](=O)[O-])nc1. The molecule has 0 saturated carbocycles. The molecule has 0 spiro atoms. The molecule has 110 valence electrons. The molecule has 1 rings (SSSR count). The summed E-state index contributed by atoms with van der Waals surface area (Å²) in [6, 6.07) is 1.25. The van der Waals surface area contributed by atoms with Crippen molar-refractivity contribution in [3.05, 3.63) is 28.4 Å². The first-order valence-electron chi connectivity index (χ1n) is 5.61. The number of rotatable bonds is 7. The standard InChI is InChI=1S/C10H13N3O6S/c1-2-7(5-10(14)15)12-20(18,19)8-3-4-9(11-6-8)13(16)17/h3-4,6-7,12H,2,5H2,1H3,(H,14,15). The predicted octanol–water partition coefficient (Wildman–Crippen LogP) is 0.521. The number of carbonyl (C=O) groups is 1. The number of nitrogens with zero attached hydrogens (tertiary/aromatic N) is 2. The molecule has 1 atom stereocenters. The van der Waals surface area contributed by atoms with Gasteiger partial charge >= 0.3 is 11.8 Å². The van der Waals surface area contributed by atoms with E-state index in [2.05, 4.69) is 9.71 Å². The molecular formula is C10H13N3O6S. The molecule has 0 fully saturated rings. The van der Waals surface area contributed by atoms with Gasteiger partial charge in [0, 0.05) is 12.1 Å². The molecule has 2 N–H and O–H groups in total. The lowest BCUT2D eigenvalue weighted by molar-refractivity contribution is -0.389. The summed E-state index contributed by atoms with van der Waals surface area (Å²) in [6.07, 6.45) is 0.802. The number of carboxylic acids is 1. The van der Waals surface area contributed by atoms with E-state index in [-0.39, 0.29) is 11.3 Å². The highest BCUT2D eigenvalue weighted by atomic mass is 32.2. The first-order valence-corrected chi connectivity index (χ1v) is 7.09. The first kappa shape index (κ1) is 16.0. The number of sulfonamides is 1. The topological polar surface area (TPSA) is 140 Å². The Bertz CT molecular complexity index is 598. The van der Waals surface area contributed by atoms with Crippen molar-refractivity contribution in [1.82, 2.24) is 9.71 Å². The lowest BCUT2D eigenvalue weighted by Crippen LogP contribution is -2.36. The number of hydrogen-bond donors (Lipinski definition) is 2. The molecule has 0 amide bonds. The number of nitrogens with one attached hydrogen (secondary N) is 1. The van der Waals surface area contributed by atoms with Crippen molar-refractivity contribution in [1.29, 1.82) is 0 Å². The molecule has 0 radical (unpaired) electrons. The summed E-state index contributed by atoms with van der Waals surface area (Å²) >= 11 is 0. The van der Waals surface area contributed by atoms with E-state index in [0.29, 0.717) is 6.42 Å². The van der Waals surface area contributed by atoms with Gasteiger partial charge in [0.15, 0.2) is 6.20 Å². The first-order chi connectivity index (χ1) is 9.26. The van der Waals surface area contributed by atoms with E-state index in [1.54, 1.807) is 6.92 Å². The zero-order chi connectivity index (χ0) is 15.3. The van der Waals surface area contributed by atoms with Crippen molar-refractivity contribution in [3.63, 3.8) is 0 Å². The molecule has 1 aromatic heterocycles. The molecule has 1 unspecified atom stereocenters. The molecule has 20 heavy (non-hydrogen) atoms. The van der Waals surface area contributed by atoms with Crippen molar-refractivity contribution in [3.8, 4) is 0 Å². The van der Waals surface area contributed by atoms with Gasteiger partial charge in [-0.1, -0.05) is 6.92 Å². The third-order valence-corrected chi connectivity index (χ3v) is 3.96. The Hall–Kier alpha value is -2.07. The van der Waals surface area contributed by atoms with E-state index in [1.807, 2.05) is 0 Å². The maximum Gasteiger partial charge on any atom is 0.363 e. The average molecular weight is 303 g/mol. The van der Waals surface area contributed by atoms with Crippen LogP contribution >= 0.6 is 0 Å². The fourth-order valence-corrected chi connectivity index (χ4v) is 2.67. The van der Waals surface area contributed by atoms with Crippen LogP contribution in [0.3, 0.4) is 0 Å². The molecule has 0 aliphatic carbocycles. The molecule has 0 aliphatic rings. The van der Waals surface area contributed by atoms with Crippen LogP contribution < -0.4 is 4.72 Å². The molecule has 0 bridgehead atoms. The normalized spacial score (nSPS) is 12.8. The van der Waals surface area contributed by atoms with E-state index >= 15 is 0 Å². The Balaban J connectivity index is 2.92. The Morgan fingerprint density at radius 2 is 2.20 bits per heavy atom. The number of aromatic nitrogens is 1. The summed E-state index contributed by atoms with van der Waals surface area (Å²) in [5.74, 6) is -1.59. The van der Waals surface area contributed by atoms with Gasteiger partial charge < -0.3 is 15.2 Å². The number of aliphatic carboxylic acids is 1. The summed E-state index contributed by atoms with van der Waals surface area (Å²) in [5.41, 5.74) is 0. The van der Waals surface area contributed by atoms with E-state index < -0.39 is 32.8 Å². The maximum absolute atomic E-state index is 12.0.